The summed E-state index contributed by atoms with van der Waals surface area (Å²) in [6.45, 7) is 2.46. The predicted molar refractivity (Wildman–Crippen MR) is 94.2 cm³/mol. The lowest BCUT2D eigenvalue weighted by Crippen LogP contribution is -2.53. The summed E-state index contributed by atoms with van der Waals surface area (Å²) in [7, 11) is -4.84. The molecule has 28 heavy (non-hydrogen) atoms. The first-order valence-electron chi connectivity index (χ1n) is 8.98. The molecular formula is C15H23N5O7S. The Morgan fingerprint density at radius 2 is 1.96 bits per heavy atom. The molecule has 0 aliphatic carbocycles. The summed E-state index contributed by atoms with van der Waals surface area (Å²) in [5, 5.41) is 11.3. The SMILES string of the molecule is CC(=O)N1CCCC(C(=O)NC(=N)C2CCC3CN2C(=O)N3OS(=O)(=O)O)C1. The highest BCUT2D eigenvalue weighted by molar-refractivity contribution is 7.80. The Hall–Kier alpha value is -2.25. The first-order valence-corrected chi connectivity index (χ1v) is 10.3. The Balaban J connectivity index is 1.62. The number of amidine groups is 1. The van der Waals surface area contributed by atoms with Gasteiger partial charge in [0.15, 0.2) is 0 Å². The Labute approximate surface area is 162 Å². The maximum absolute atomic E-state index is 12.5. The first kappa shape index (κ1) is 20.5. The lowest BCUT2D eigenvalue weighted by atomic mass is 9.96. The Morgan fingerprint density at radius 3 is 2.61 bits per heavy atom. The van der Waals surface area contributed by atoms with Crippen LogP contribution >= 0.6 is 0 Å². The molecule has 0 radical (unpaired) electrons. The van der Waals surface area contributed by atoms with Crippen molar-refractivity contribution in [3.8, 4) is 0 Å². The summed E-state index contributed by atoms with van der Waals surface area (Å²) < 4.78 is 35.0. The van der Waals surface area contributed by atoms with Crippen LogP contribution in [0.15, 0.2) is 0 Å². The van der Waals surface area contributed by atoms with Gasteiger partial charge in [0.2, 0.25) is 11.8 Å². The van der Waals surface area contributed by atoms with Gasteiger partial charge in [0.05, 0.1) is 18.0 Å². The molecule has 3 N–H and O–H groups in total. The molecule has 156 valence electrons. The second-order valence-corrected chi connectivity index (χ2v) is 8.22. The highest BCUT2D eigenvalue weighted by atomic mass is 32.3. The zero-order valence-electron chi connectivity index (χ0n) is 15.3. The lowest BCUT2D eigenvalue weighted by molar-refractivity contribution is -0.133. The first-order chi connectivity index (χ1) is 13.1. The zero-order valence-corrected chi connectivity index (χ0v) is 16.1. The summed E-state index contributed by atoms with van der Waals surface area (Å²) in [6.07, 6.45) is 1.99. The van der Waals surface area contributed by atoms with Gasteiger partial charge in [-0.2, -0.15) is 13.5 Å². The highest BCUT2D eigenvalue weighted by Gasteiger charge is 2.48. The Bertz CT molecular complexity index is 801. The fourth-order valence-electron chi connectivity index (χ4n) is 3.93. The molecule has 3 aliphatic rings. The Kier molecular flexibility index (Phi) is 5.59. The molecular weight excluding hydrogens is 394 g/mol. The van der Waals surface area contributed by atoms with E-state index in [1.54, 1.807) is 4.90 Å². The van der Waals surface area contributed by atoms with Crippen LogP contribution in [-0.4, -0.2) is 83.2 Å². The van der Waals surface area contributed by atoms with Crippen LogP contribution < -0.4 is 5.32 Å². The maximum Gasteiger partial charge on any atom is 0.418 e. The molecule has 4 amide bonds. The van der Waals surface area contributed by atoms with Crippen molar-refractivity contribution >= 4 is 34.1 Å². The van der Waals surface area contributed by atoms with E-state index >= 15 is 0 Å². The summed E-state index contributed by atoms with van der Waals surface area (Å²) in [5.74, 6) is -1.07. The molecule has 3 unspecified atom stereocenters. The fraction of sp³-hybridized carbons (Fsp3) is 0.733. The van der Waals surface area contributed by atoms with Crippen molar-refractivity contribution in [2.24, 2.45) is 5.92 Å². The molecule has 2 bridgehead atoms. The summed E-state index contributed by atoms with van der Waals surface area (Å²) >= 11 is 0. The molecule has 0 aromatic heterocycles. The molecule has 3 heterocycles. The van der Waals surface area contributed by atoms with E-state index in [9.17, 15) is 22.8 Å². The van der Waals surface area contributed by atoms with Crippen molar-refractivity contribution < 1.29 is 31.6 Å². The number of hydroxylamine groups is 2. The van der Waals surface area contributed by atoms with Crippen LogP contribution in [0.2, 0.25) is 0 Å². The predicted octanol–water partition coefficient (Wildman–Crippen LogP) is -0.659. The lowest BCUT2D eigenvalue weighted by Gasteiger charge is -2.33. The van der Waals surface area contributed by atoms with E-state index in [-0.39, 0.29) is 24.2 Å². The van der Waals surface area contributed by atoms with Gasteiger partial charge in [0.25, 0.3) is 0 Å². The number of carbonyl (C=O) groups is 3. The number of nitrogens with zero attached hydrogens (tertiary/aromatic N) is 3. The minimum absolute atomic E-state index is 0.104. The minimum atomic E-state index is -4.84. The third kappa shape index (κ3) is 4.25. The van der Waals surface area contributed by atoms with Crippen molar-refractivity contribution in [1.29, 1.82) is 5.41 Å². The highest BCUT2D eigenvalue weighted by Crippen LogP contribution is 2.31. The van der Waals surface area contributed by atoms with E-state index < -0.39 is 34.4 Å². The molecule has 3 fully saturated rings. The Morgan fingerprint density at radius 1 is 1.25 bits per heavy atom. The number of hydrogen-bond donors (Lipinski definition) is 3. The van der Waals surface area contributed by atoms with Crippen LogP contribution in [0.1, 0.15) is 32.6 Å². The smallest absolute Gasteiger partial charge is 0.342 e. The van der Waals surface area contributed by atoms with Crippen molar-refractivity contribution in [3.63, 3.8) is 0 Å². The van der Waals surface area contributed by atoms with Crippen molar-refractivity contribution in [2.45, 2.75) is 44.7 Å². The largest absolute Gasteiger partial charge is 0.418 e. The second kappa shape index (κ2) is 7.64. The third-order valence-corrected chi connectivity index (χ3v) is 5.67. The number of piperidine rings is 2. The molecule has 3 atom stereocenters. The summed E-state index contributed by atoms with van der Waals surface area (Å²) in [4.78, 5) is 39.3. The van der Waals surface area contributed by atoms with Crippen LogP contribution in [0, 0.1) is 11.3 Å². The summed E-state index contributed by atoms with van der Waals surface area (Å²) in [6, 6.07) is -2.07. The third-order valence-electron chi connectivity index (χ3n) is 5.33. The summed E-state index contributed by atoms with van der Waals surface area (Å²) in [5.41, 5.74) is 0. The van der Waals surface area contributed by atoms with Gasteiger partial charge in [-0.3, -0.25) is 19.6 Å². The molecule has 3 saturated heterocycles. The number of hydrogen-bond acceptors (Lipinski definition) is 7. The average molecular weight is 417 g/mol. The average Bonchev–Trinajstić information content (AvgIpc) is 2.85. The van der Waals surface area contributed by atoms with Gasteiger partial charge in [-0.25, -0.2) is 4.79 Å². The van der Waals surface area contributed by atoms with E-state index in [4.69, 9.17) is 9.96 Å². The second-order valence-electron chi connectivity index (χ2n) is 7.22. The minimum Gasteiger partial charge on any atom is -0.342 e. The van der Waals surface area contributed by atoms with Crippen LogP contribution in [0.4, 0.5) is 4.79 Å². The molecule has 3 rings (SSSR count). The van der Waals surface area contributed by atoms with Gasteiger partial charge in [-0.05, 0) is 25.7 Å². The monoisotopic (exact) mass is 417 g/mol. The van der Waals surface area contributed by atoms with Crippen molar-refractivity contribution in [1.82, 2.24) is 20.2 Å². The van der Waals surface area contributed by atoms with E-state index in [1.165, 1.54) is 11.8 Å². The van der Waals surface area contributed by atoms with Crippen molar-refractivity contribution in [3.05, 3.63) is 0 Å². The fourth-order valence-corrected chi connectivity index (χ4v) is 4.32. The number of rotatable bonds is 4. The number of amides is 4. The molecule has 0 spiro atoms. The number of fused-ring (bicyclic) bond motifs is 2. The maximum atomic E-state index is 12.5. The molecule has 0 saturated carbocycles. The van der Waals surface area contributed by atoms with E-state index in [1.807, 2.05) is 0 Å². The molecule has 0 aromatic carbocycles. The van der Waals surface area contributed by atoms with Gasteiger partial charge >= 0.3 is 16.4 Å². The van der Waals surface area contributed by atoms with Gasteiger partial charge in [0.1, 0.15) is 5.84 Å². The van der Waals surface area contributed by atoms with Crippen molar-refractivity contribution in [2.75, 3.05) is 19.6 Å². The van der Waals surface area contributed by atoms with Gasteiger partial charge < -0.3 is 15.1 Å². The van der Waals surface area contributed by atoms with E-state index in [0.29, 0.717) is 43.8 Å². The molecule has 3 aliphatic heterocycles. The molecule has 12 nitrogen and oxygen atoms in total. The van der Waals surface area contributed by atoms with Crippen LogP contribution in [0.5, 0.6) is 0 Å². The number of likely N-dealkylation sites (tertiary alicyclic amines) is 1. The standard InChI is InChI=1S/C15H23N5O7S/c1-9(21)18-6-2-3-10(7-18)14(22)17-13(16)12-5-4-11-8-19(12)15(23)20(11)27-28(24,25)26/h10-12H,2-8H2,1H3,(H2,16,17,22)(H,24,25,26). The molecule has 13 heteroatoms. The normalized spacial score (nSPS) is 27.7. The van der Waals surface area contributed by atoms with Gasteiger partial charge in [0, 0.05) is 26.6 Å². The topological polar surface area (TPSA) is 160 Å². The van der Waals surface area contributed by atoms with Gasteiger partial charge in [-0.15, -0.1) is 4.28 Å². The van der Waals surface area contributed by atoms with Crippen LogP contribution in [0.3, 0.4) is 0 Å². The van der Waals surface area contributed by atoms with E-state index in [2.05, 4.69) is 9.60 Å². The number of carbonyl (C=O) groups excluding carboxylic acids is 3. The van der Waals surface area contributed by atoms with Gasteiger partial charge in [-0.1, -0.05) is 0 Å². The number of nitrogens with one attached hydrogen (secondary N) is 2. The quantitative estimate of drug-likeness (QED) is 0.311. The molecule has 0 aromatic rings. The van der Waals surface area contributed by atoms with E-state index in [0.717, 1.165) is 0 Å². The number of urea groups is 1. The zero-order chi connectivity index (χ0) is 20.6. The van der Waals surface area contributed by atoms with Crippen LogP contribution in [-0.2, 0) is 24.3 Å². The van der Waals surface area contributed by atoms with Crippen LogP contribution in [0.25, 0.3) is 0 Å².